The zero-order chi connectivity index (χ0) is 15.1. The minimum Gasteiger partial charge on any atom is -0.325 e. The van der Waals surface area contributed by atoms with E-state index in [0.717, 1.165) is 38.4 Å². The molecule has 0 spiro atoms. The molecule has 0 aromatic heterocycles. The standard InChI is InChI=1S/C16H22N4O/c1-14-3-5-15(6-4-14)18-16(21)13-20-11-9-19(10-12-20)8-2-7-17/h3-6H,2,8-13H2,1H3,(H,18,21). The van der Waals surface area contributed by atoms with Gasteiger partial charge in [-0.1, -0.05) is 17.7 Å². The van der Waals surface area contributed by atoms with Crippen molar-refractivity contribution in [3.63, 3.8) is 0 Å². The maximum atomic E-state index is 12.0. The molecule has 1 amide bonds. The number of hydrogen-bond donors (Lipinski definition) is 1. The normalized spacial score (nSPS) is 16.4. The van der Waals surface area contributed by atoms with Crippen LogP contribution in [0.25, 0.3) is 0 Å². The summed E-state index contributed by atoms with van der Waals surface area (Å²) < 4.78 is 0. The number of amides is 1. The summed E-state index contributed by atoms with van der Waals surface area (Å²) in [7, 11) is 0. The summed E-state index contributed by atoms with van der Waals surface area (Å²) in [6, 6.07) is 10.00. The first kappa shape index (κ1) is 15.5. The molecule has 0 unspecified atom stereocenters. The molecular formula is C16H22N4O. The number of hydrogen-bond acceptors (Lipinski definition) is 4. The third-order valence-corrected chi connectivity index (χ3v) is 3.71. The fraction of sp³-hybridized carbons (Fsp3) is 0.500. The van der Waals surface area contributed by atoms with E-state index in [0.29, 0.717) is 13.0 Å². The Hall–Kier alpha value is -1.90. The van der Waals surface area contributed by atoms with E-state index >= 15 is 0 Å². The highest BCUT2D eigenvalue weighted by Crippen LogP contribution is 2.09. The molecule has 5 heteroatoms. The van der Waals surface area contributed by atoms with Gasteiger partial charge in [0.25, 0.3) is 0 Å². The van der Waals surface area contributed by atoms with Crippen LogP contribution in [0.5, 0.6) is 0 Å². The average molecular weight is 286 g/mol. The van der Waals surface area contributed by atoms with Crippen molar-refractivity contribution >= 4 is 11.6 Å². The van der Waals surface area contributed by atoms with Crippen LogP contribution in [0.1, 0.15) is 12.0 Å². The van der Waals surface area contributed by atoms with Crippen LogP contribution in [-0.4, -0.2) is 55.0 Å². The average Bonchev–Trinajstić information content (AvgIpc) is 2.49. The van der Waals surface area contributed by atoms with Gasteiger partial charge < -0.3 is 5.32 Å². The molecule has 1 N–H and O–H groups in total. The van der Waals surface area contributed by atoms with Gasteiger partial charge in [-0.25, -0.2) is 0 Å². The van der Waals surface area contributed by atoms with Crippen LogP contribution < -0.4 is 5.32 Å². The number of nitriles is 1. The van der Waals surface area contributed by atoms with Crippen molar-refractivity contribution in [3.05, 3.63) is 29.8 Å². The molecule has 0 atom stereocenters. The van der Waals surface area contributed by atoms with Crippen molar-refractivity contribution in [1.29, 1.82) is 5.26 Å². The number of carbonyl (C=O) groups excluding carboxylic acids is 1. The summed E-state index contributed by atoms with van der Waals surface area (Å²) in [5.74, 6) is 0.0318. The van der Waals surface area contributed by atoms with E-state index in [9.17, 15) is 4.79 Å². The highest BCUT2D eigenvalue weighted by molar-refractivity contribution is 5.92. The lowest BCUT2D eigenvalue weighted by molar-refractivity contribution is -0.117. The minimum atomic E-state index is 0.0318. The molecule has 2 rings (SSSR count). The van der Waals surface area contributed by atoms with Crippen LogP contribution in [0.2, 0.25) is 0 Å². The smallest absolute Gasteiger partial charge is 0.238 e. The first-order valence-corrected chi connectivity index (χ1v) is 7.35. The molecule has 0 saturated carbocycles. The number of nitrogens with one attached hydrogen (secondary N) is 1. The molecule has 21 heavy (non-hydrogen) atoms. The molecule has 112 valence electrons. The summed E-state index contributed by atoms with van der Waals surface area (Å²) in [5.41, 5.74) is 2.03. The third kappa shape index (κ3) is 5.18. The molecular weight excluding hydrogens is 264 g/mol. The first-order valence-electron chi connectivity index (χ1n) is 7.35. The summed E-state index contributed by atoms with van der Waals surface area (Å²) in [6.45, 7) is 6.91. The van der Waals surface area contributed by atoms with Crippen LogP contribution in [0, 0.1) is 18.3 Å². The van der Waals surface area contributed by atoms with Crippen LogP contribution in [0.15, 0.2) is 24.3 Å². The van der Waals surface area contributed by atoms with Gasteiger partial charge in [-0.3, -0.25) is 14.6 Å². The van der Waals surface area contributed by atoms with Crippen LogP contribution >= 0.6 is 0 Å². The van der Waals surface area contributed by atoms with Gasteiger partial charge in [0, 0.05) is 44.8 Å². The Morgan fingerprint density at radius 1 is 1.19 bits per heavy atom. The van der Waals surface area contributed by atoms with E-state index in [4.69, 9.17) is 5.26 Å². The summed E-state index contributed by atoms with van der Waals surface area (Å²) in [5, 5.41) is 11.5. The van der Waals surface area contributed by atoms with Gasteiger partial charge in [-0.05, 0) is 19.1 Å². The van der Waals surface area contributed by atoms with Crippen molar-refractivity contribution in [2.24, 2.45) is 0 Å². The molecule has 1 aromatic rings. The zero-order valence-electron chi connectivity index (χ0n) is 12.5. The van der Waals surface area contributed by atoms with Crippen molar-refractivity contribution in [2.75, 3.05) is 44.6 Å². The van der Waals surface area contributed by atoms with Gasteiger partial charge in [-0.2, -0.15) is 5.26 Å². The van der Waals surface area contributed by atoms with Gasteiger partial charge >= 0.3 is 0 Å². The Bertz CT molecular complexity index is 498. The Morgan fingerprint density at radius 2 is 1.81 bits per heavy atom. The second kappa shape index (κ2) is 7.77. The van der Waals surface area contributed by atoms with Gasteiger partial charge in [0.05, 0.1) is 12.6 Å². The highest BCUT2D eigenvalue weighted by Gasteiger charge is 2.18. The lowest BCUT2D eigenvalue weighted by Gasteiger charge is -2.33. The fourth-order valence-corrected chi connectivity index (χ4v) is 2.42. The lowest BCUT2D eigenvalue weighted by Crippen LogP contribution is -2.48. The molecule has 1 heterocycles. The third-order valence-electron chi connectivity index (χ3n) is 3.71. The Morgan fingerprint density at radius 3 is 2.43 bits per heavy atom. The van der Waals surface area contributed by atoms with E-state index in [1.54, 1.807) is 0 Å². The molecule has 0 bridgehead atoms. The quantitative estimate of drug-likeness (QED) is 0.890. The Kier molecular flexibility index (Phi) is 5.73. The number of benzene rings is 1. The second-order valence-corrected chi connectivity index (χ2v) is 5.44. The molecule has 0 aliphatic carbocycles. The number of nitrogens with zero attached hydrogens (tertiary/aromatic N) is 3. The van der Waals surface area contributed by atoms with Crippen LogP contribution in [0.3, 0.4) is 0 Å². The maximum Gasteiger partial charge on any atom is 0.238 e. The number of carbonyl (C=O) groups is 1. The minimum absolute atomic E-state index is 0.0318. The van der Waals surface area contributed by atoms with Gasteiger partial charge in [-0.15, -0.1) is 0 Å². The number of rotatable bonds is 5. The van der Waals surface area contributed by atoms with Crippen molar-refractivity contribution in [3.8, 4) is 6.07 Å². The van der Waals surface area contributed by atoms with Crippen molar-refractivity contribution in [1.82, 2.24) is 9.80 Å². The van der Waals surface area contributed by atoms with E-state index in [1.165, 1.54) is 5.56 Å². The highest BCUT2D eigenvalue weighted by atomic mass is 16.2. The molecule has 5 nitrogen and oxygen atoms in total. The molecule has 1 saturated heterocycles. The number of aryl methyl sites for hydroxylation is 1. The van der Waals surface area contributed by atoms with Crippen molar-refractivity contribution < 1.29 is 4.79 Å². The molecule has 1 aromatic carbocycles. The van der Waals surface area contributed by atoms with E-state index in [1.807, 2.05) is 31.2 Å². The van der Waals surface area contributed by atoms with E-state index in [2.05, 4.69) is 21.2 Å². The second-order valence-electron chi connectivity index (χ2n) is 5.44. The van der Waals surface area contributed by atoms with Crippen molar-refractivity contribution in [2.45, 2.75) is 13.3 Å². The lowest BCUT2D eigenvalue weighted by atomic mass is 10.2. The van der Waals surface area contributed by atoms with E-state index in [-0.39, 0.29) is 5.91 Å². The molecule has 1 aliphatic rings. The van der Waals surface area contributed by atoms with Gasteiger partial charge in [0.2, 0.25) is 5.91 Å². The summed E-state index contributed by atoms with van der Waals surface area (Å²) in [6.07, 6.45) is 0.577. The molecule has 1 aliphatic heterocycles. The predicted octanol–water partition coefficient (Wildman–Crippen LogP) is 1.46. The topological polar surface area (TPSA) is 59.4 Å². The van der Waals surface area contributed by atoms with Gasteiger partial charge in [0.1, 0.15) is 0 Å². The summed E-state index contributed by atoms with van der Waals surface area (Å²) >= 11 is 0. The largest absolute Gasteiger partial charge is 0.325 e. The van der Waals surface area contributed by atoms with E-state index < -0.39 is 0 Å². The van der Waals surface area contributed by atoms with Crippen LogP contribution in [0.4, 0.5) is 5.69 Å². The zero-order valence-corrected chi connectivity index (χ0v) is 12.5. The maximum absolute atomic E-state index is 12.0. The molecule has 1 fully saturated rings. The predicted molar refractivity (Wildman–Crippen MR) is 82.9 cm³/mol. The Labute approximate surface area is 126 Å². The fourth-order valence-electron chi connectivity index (χ4n) is 2.42. The monoisotopic (exact) mass is 286 g/mol. The van der Waals surface area contributed by atoms with Gasteiger partial charge in [0.15, 0.2) is 0 Å². The number of anilines is 1. The molecule has 0 radical (unpaired) electrons. The van der Waals surface area contributed by atoms with Crippen LogP contribution in [-0.2, 0) is 4.79 Å². The number of piperazine rings is 1. The Balaban J connectivity index is 1.72. The summed E-state index contributed by atoms with van der Waals surface area (Å²) in [4.78, 5) is 16.4. The SMILES string of the molecule is Cc1ccc(NC(=O)CN2CCN(CCC#N)CC2)cc1. The first-order chi connectivity index (χ1) is 10.2.